The summed E-state index contributed by atoms with van der Waals surface area (Å²) < 4.78 is 7.14. The zero-order valence-electron chi connectivity index (χ0n) is 14.5. The molecule has 0 unspecified atom stereocenters. The van der Waals surface area contributed by atoms with Crippen LogP contribution in [0.25, 0.3) is 0 Å². The quantitative estimate of drug-likeness (QED) is 0.824. The van der Waals surface area contributed by atoms with Gasteiger partial charge in [0.05, 0.1) is 19.3 Å². The molecule has 2 N–H and O–H groups in total. The van der Waals surface area contributed by atoms with Crippen LogP contribution in [0.1, 0.15) is 24.4 Å². The molecule has 1 saturated heterocycles. The van der Waals surface area contributed by atoms with Crippen molar-refractivity contribution in [2.24, 2.45) is 7.05 Å². The number of nitrogens with one attached hydrogen (secondary N) is 2. The Labute approximate surface area is 146 Å². The molecule has 2 aromatic heterocycles. The maximum atomic E-state index is 12.1. The highest BCUT2D eigenvalue weighted by molar-refractivity contribution is 5.74. The average molecular weight is 345 g/mol. The number of carbonyl (C=O) groups excluding carboxylic acids is 1. The Hall–Kier alpha value is -2.68. The summed E-state index contributed by atoms with van der Waals surface area (Å²) in [6.45, 7) is 5.39. The number of pyridine rings is 1. The number of ether oxygens (including phenoxy) is 1. The normalized spacial score (nSPS) is 15.7. The van der Waals surface area contributed by atoms with E-state index in [1.54, 1.807) is 17.1 Å². The van der Waals surface area contributed by atoms with E-state index in [4.69, 9.17) is 4.74 Å². The number of morpholine rings is 1. The van der Waals surface area contributed by atoms with Gasteiger partial charge in [-0.2, -0.15) is 0 Å². The van der Waals surface area contributed by atoms with Crippen LogP contribution >= 0.6 is 0 Å². The first-order valence-electron chi connectivity index (χ1n) is 8.29. The Morgan fingerprint density at radius 1 is 1.40 bits per heavy atom. The molecule has 0 bridgehead atoms. The van der Waals surface area contributed by atoms with E-state index in [-0.39, 0.29) is 12.1 Å². The van der Waals surface area contributed by atoms with Gasteiger partial charge in [-0.1, -0.05) is 0 Å². The molecule has 0 saturated carbocycles. The Morgan fingerprint density at radius 3 is 2.92 bits per heavy atom. The SMILES string of the molecule is C[C@@H](NC(=O)NCc1ccnc(N2CCOCC2)c1)c1nncn1C. The predicted molar refractivity (Wildman–Crippen MR) is 92.1 cm³/mol. The van der Waals surface area contributed by atoms with E-state index in [0.717, 1.165) is 24.5 Å². The Morgan fingerprint density at radius 2 is 2.20 bits per heavy atom. The zero-order valence-corrected chi connectivity index (χ0v) is 14.5. The van der Waals surface area contributed by atoms with Gasteiger partial charge < -0.3 is 24.8 Å². The Bertz CT molecular complexity index is 712. The highest BCUT2D eigenvalue weighted by atomic mass is 16.5. The fraction of sp³-hybridized carbons (Fsp3) is 0.500. The lowest BCUT2D eigenvalue weighted by Crippen LogP contribution is -2.38. The number of nitrogens with zero attached hydrogens (tertiary/aromatic N) is 5. The molecule has 1 aliphatic rings. The lowest BCUT2D eigenvalue weighted by atomic mass is 10.2. The van der Waals surface area contributed by atoms with Crippen molar-refractivity contribution in [1.29, 1.82) is 0 Å². The molecule has 9 nitrogen and oxygen atoms in total. The molecule has 9 heteroatoms. The third-order valence-electron chi connectivity index (χ3n) is 4.08. The van der Waals surface area contributed by atoms with Crippen LogP contribution in [0.4, 0.5) is 10.6 Å². The molecule has 1 aliphatic heterocycles. The number of carbonyl (C=O) groups is 1. The van der Waals surface area contributed by atoms with Crippen LogP contribution in [0, 0.1) is 0 Å². The third-order valence-corrected chi connectivity index (χ3v) is 4.08. The van der Waals surface area contributed by atoms with Gasteiger partial charge >= 0.3 is 6.03 Å². The summed E-state index contributed by atoms with van der Waals surface area (Å²) in [4.78, 5) is 18.7. The number of hydrogen-bond acceptors (Lipinski definition) is 6. The van der Waals surface area contributed by atoms with Crippen molar-refractivity contribution in [3.8, 4) is 0 Å². The van der Waals surface area contributed by atoms with E-state index in [1.807, 2.05) is 26.1 Å². The van der Waals surface area contributed by atoms with Crippen molar-refractivity contribution < 1.29 is 9.53 Å². The Kier molecular flexibility index (Phi) is 5.44. The monoisotopic (exact) mass is 345 g/mol. The van der Waals surface area contributed by atoms with Crippen molar-refractivity contribution in [2.75, 3.05) is 31.2 Å². The Balaban J connectivity index is 1.52. The van der Waals surface area contributed by atoms with E-state index in [0.29, 0.717) is 25.6 Å². The van der Waals surface area contributed by atoms with Crippen molar-refractivity contribution in [1.82, 2.24) is 30.4 Å². The standard InChI is InChI=1S/C16H23N7O2/c1-12(15-21-19-11-22(15)2)20-16(24)18-10-13-3-4-17-14(9-13)23-5-7-25-8-6-23/h3-4,9,11-12H,5-8,10H2,1-2H3,(H2,18,20,24)/t12-/m1/s1. The van der Waals surface area contributed by atoms with Gasteiger partial charge in [-0.15, -0.1) is 10.2 Å². The van der Waals surface area contributed by atoms with E-state index in [1.165, 1.54) is 0 Å². The second-order valence-corrected chi connectivity index (χ2v) is 5.97. The van der Waals surface area contributed by atoms with Crippen molar-refractivity contribution in [2.45, 2.75) is 19.5 Å². The van der Waals surface area contributed by atoms with Gasteiger partial charge in [0.15, 0.2) is 5.82 Å². The molecule has 2 amide bonds. The summed E-state index contributed by atoms with van der Waals surface area (Å²) >= 11 is 0. The second kappa shape index (κ2) is 7.93. The van der Waals surface area contributed by atoms with Gasteiger partial charge in [0.25, 0.3) is 0 Å². The summed E-state index contributed by atoms with van der Waals surface area (Å²) in [5.74, 6) is 1.61. The zero-order chi connectivity index (χ0) is 17.6. The smallest absolute Gasteiger partial charge is 0.315 e. The van der Waals surface area contributed by atoms with Crippen molar-refractivity contribution in [3.05, 3.63) is 36.0 Å². The lowest BCUT2D eigenvalue weighted by Gasteiger charge is -2.28. The second-order valence-electron chi connectivity index (χ2n) is 5.97. The molecule has 2 aromatic rings. The van der Waals surface area contributed by atoms with Crippen LogP contribution < -0.4 is 15.5 Å². The topological polar surface area (TPSA) is 97.2 Å². The maximum absolute atomic E-state index is 12.1. The first-order chi connectivity index (χ1) is 12.1. The molecule has 25 heavy (non-hydrogen) atoms. The molecule has 0 radical (unpaired) electrons. The number of rotatable bonds is 5. The molecule has 134 valence electrons. The minimum absolute atomic E-state index is 0.228. The summed E-state index contributed by atoms with van der Waals surface area (Å²) in [6, 6.07) is 3.42. The van der Waals surface area contributed by atoms with E-state index >= 15 is 0 Å². The van der Waals surface area contributed by atoms with Gasteiger partial charge in [0.2, 0.25) is 0 Å². The van der Waals surface area contributed by atoms with E-state index in [2.05, 4.69) is 30.7 Å². The number of aryl methyl sites for hydroxylation is 1. The molecule has 0 aromatic carbocycles. The molecular formula is C16H23N7O2. The molecule has 0 aliphatic carbocycles. The van der Waals surface area contributed by atoms with Crippen LogP contribution in [0.5, 0.6) is 0 Å². The molecule has 3 heterocycles. The first kappa shape index (κ1) is 17.2. The van der Waals surface area contributed by atoms with Crippen molar-refractivity contribution in [3.63, 3.8) is 0 Å². The van der Waals surface area contributed by atoms with E-state index < -0.39 is 0 Å². The largest absolute Gasteiger partial charge is 0.378 e. The third kappa shape index (κ3) is 4.44. The van der Waals surface area contributed by atoms with E-state index in [9.17, 15) is 4.79 Å². The van der Waals surface area contributed by atoms with Gasteiger partial charge in [0, 0.05) is 32.9 Å². The average Bonchev–Trinajstić information content (AvgIpc) is 3.07. The maximum Gasteiger partial charge on any atom is 0.315 e. The fourth-order valence-corrected chi connectivity index (χ4v) is 2.71. The van der Waals surface area contributed by atoms with Crippen LogP contribution in [0.3, 0.4) is 0 Å². The summed E-state index contributed by atoms with van der Waals surface area (Å²) in [5, 5.41) is 13.5. The predicted octanol–water partition coefficient (Wildman–Crippen LogP) is 0.607. The first-order valence-corrected chi connectivity index (χ1v) is 8.29. The van der Waals surface area contributed by atoms with Gasteiger partial charge in [-0.3, -0.25) is 0 Å². The summed E-state index contributed by atoms with van der Waals surface area (Å²) in [6.07, 6.45) is 3.37. The minimum Gasteiger partial charge on any atom is -0.378 e. The number of amides is 2. The summed E-state index contributed by atoms with van der Waals surface area (Å²) in [5.41, 5.74) is 0.998. The molecular weight excluding hydrogens is 322 g/mol. The number of aromatic nitrogens is 4. The molecule has 1 fully saturated rings. The van der Waals surface area contributed by atoms with Crippen molar-refractivity contribution >= 4 is 11.8 Å². The van der Waals surface area contributed by atoms with Crippen LogP contribution in [-0.2, 0) is 18.3 Å². The van der Waals surface area contributed by atoms with Crippen LogP contribution in [-0.4, -0.2) is 52.1 Å². The fourth-order valence-electron chi connectivity index (χ4n) is 2.71. The molecule has 1 atom stereocenters. The lowest BCUT2D eigenvalue weighted by molar-refractivity contribution is 0.122. The van der Waals surface area contributed by atoms with Gasteiger partial charge in [-0.25, -0.2) is 9.78 Å². The minimum atomic E-state index is -0.250. The number of urea groups is 1. The van der Waals surface area contributed by atoms with Gasteiger partial charge in [0.1, 0.15) is 12.1 Å². The number of anilines is 1. The summed E-state index contributed by atoms with van der Waals surface area (Å²) in [7, 11) is 1.84. The van der Waals surface area contributed by atoms with Crippen LogP contribution in [0.2, 0.25) is 0 Å². The number of hydrogen-bond donors (Lipinski definition) is 2. The van der Waals surface area contributed by atoms with Gasteiger partial charge in [-0.05, 0) is 24.6 Å². The highest BCUT2D eigenvalue weighted by Crippen LogP contribution is 2.14. The highest BCUT2D eigenvalue weighted by Gasteiger charge is 2.15. The molecule has 3 rings (SSSR count). The van der Waals surface area contributed by atoms with Crippen LogP contribution in [0.15, 0.2) is 24.7 Å². The molecule has 0 spiro atoms.